The second-order valence-electron chi connectivity index (χ2n) is 5.50. The monoisotopic (exact) mass is 385 g/mol. The van der Waals surface area contributed by atoms with Gasteiger partial charge in [-0.3, -0.25) is 20.2 Å². The van der Waals surface area contributed by atoms with Crippen LogP contribution in [0.3, 0.4) is 0 Å². The van der Waals surface area contributed by atoms with Crippen molar-refractivity contribution in [1.82, 2.24) is 5.32 Å². The van der Waals surface area contributed by atoms with Gasteiger partial charge >= 0.3 is 0 Å². The number of carbonyl (C=O) groups excluding carboxylic acids is 1. The molecule has 0 aliphatic rings. The number of hydrogen-bond donors (Lipinski definition) is 2. The molecule has 2 rings (SSSR count). The molecule has 0 heterocycles. The summed E-state index contributed by atoms with van der Waals surface area (Å²) >= 11 is 5.10. The Balaban J connectivity index is 1.87. The third-order valence-corrected chi connectivity index (χ3v) is 3.53. The molecule has 0 saturated heterocycles. The van der Waals surface area contributed by atoms with Gasteiger partial charge in [0.25, 0.3) is 5.69 Å². The highest BCUT2D eigenvalue weighted by atomic mass is 32.1. The molecule has 0 atom stereocenters. The summed E-state index contributed by atoms with van der Waals surface area (Å²) in [6.07, 6.45) is 3.67. The fourth-order valence-electron chi connectivity index (χ4n) is 2.08. The van der Waals surface area contributed by atoms with E-state index in [2.05, 4.69) is 10.6 Å². The molecule has 0 aliphatic carbocycles. The van der Waals surface area contributed by atoms with Crippen molar-refractivity contribution in [3.05, 3.63) is 70.3 Å². The van der Waals surface area contributed by atoms with Crippen molar-refractivity contribution in [3.63, 3.8) is 0 Å². The molecule has 7 nitrogen and oxygen atoms in total. The van der Waals surface area contributed by atoms with E-state index in [0.29, 0.717) is 17.9 Å². The van der Waals surface area contributed by atoms with Crippen LogP contribution in [0.5, 0.6) is 5.75 Å². The zero-order chi connectivity index (χ0) is 19.6. The smallest absolute Gasteiger partial charge is 0.270 e. The molecule has 0 aromatic heterocycles. The third-order valence-electron chi connectivity index (χ3n) is 3.33. The van der Waals surface area contributed by atoms with Crippen LogP contribution in [-0.4, -0.2) is 22.5 Å². The largest absolute Gasteiger partial charge is 0.494 e. The minimum Gasteiger partial charge on any atom is -0.494 e. The standard InChI is InChI=1S/C19H19N3O4S/c1-2-12-26-17-9-7-15(8-10-17)20-19(27)21-18(23)11-6-14-4-3-5-16(13-14)22(24)25/h3-11,13H,2,12H2,1H3,(H2,20,21,23,27)/b11-6+. The average Bonchev–Trinajstić information content (AvgIpc) is 2.66. The van der Waals surface area contributed by atoms with Gasteiger partial charge in [0.15, 0.2) is 5.11 Å². The van der Waals surface area contributed by atoms with Crippen molar-refractivity contribution in [3.8, 4) is 5.75 Å². The molecule has 0 unspecified atom stereocenters. The molecule has 2 aromatic carbocycles. The predicted octanol–water partition coefficient (Wildman–Crippen LogP) is 3.91. The maximum atomic E-state index is 11.9. The minimum atomic E-state index is -0.491. The van der Waals surface area contributed by atoms with E-state index in [-0.39, 0.29) is 10.8 Å². The lowest BCUT2D eigenvalue weighted by atomic mass is 10.2. The summed E-state index contributed by atoms with van der Waals surface area (Å²) in [6, 6.07) is 13.2. The van der Waals surface area contributed by atoms with Crippen LogP contribution < -0.4 is 15.4 Å². The predicted molar refractivity (Wildman–Crippen MR) is 109 cm³/mol. The Labute approximate surface area is 162 Å². The molecule has 0 spiro atoms. The van der Waals surface area contributed by atoms with Gasteiger partial charge in [0.1, 0.15) is 5.75 Å². The van der Waals surface area contributed by atoms with Crippen molar-refractivity contribution in [2.75, 3.05) is 11.9 Å². The van der Waals surface area contributed by atoms with Crippen molar-refractivity contribution in [1.29, 1.82) is 0 Å². The zero-order valence-corrected chi connectivity index (χ0v) is 15.5. The first-order chi connectivity index (χ1) is 13.0. The summed E-state index contributed by atoms with van der Waals surface area (Å²) in [4.78, 5) is 22.2. The fraction of sp³-hybridized carbons (Fsp3) is 0.158. The summed E-state index contributed by atoms with van der Waals surface area (Å²) in [5.41, 5.74) is 1.22. The molecule has 8 heteroatoms. The second kappa shape index (κ2) is 10.0. The Kier molecular flexibility index (Phi) is 7.45. The molecule has 0 radical (unpaired) electrons. The quantitative estimate of drug-likeness (QED) is 0.325. The average molecular weight is 385 g/mol. The zero-order valence-electron chi connectivity index (χ0n) is 14.7. The normalized spacial score (nSPS) is 10.4. The highest BCUT2D eigenvalue weighted by Gasteiger charge is 2.05. The molecule has 1 amide bonds. The van der Waals surface area contributed by atoms with E-state index in [9.17, 15) is 14.9 Å². The molecule has 0 fully saturated rings. The number of carbonyl (C=O) groups is 1. The third kappa shape index (κ3) is 6.87. The van der Waals surface area contributed by atoms with Crippen LogP contribution in [0.4, 0.5) is 11.4 Å². The number of non-ortho nitro benzene ring substituents is 1. The van der Waals surface area contributed by atoms with E-state index in [4.69, 9.17) is 17.0 Å². The summed E-state index contributed by atoms with van der Waals surface area (Å²) in [7, 11) is 0. The Morgan fingerprint density at radius 3 is 2.67 bits per heavy atom. The number of nitro groups is 1. The Morgan fingerprint density at radius 2 is 2.00 bits per heavy atom. The number of amides is 1. The number of thiocarbonyl (C=S) groups is 1. The van der Waals surface area contributed by atoms with Crippen molar-refractivity contribution >= 4 is 40.7 Å². The van der Waals surface area contributed by atoms with Crippen LogP contribution in [0.1, 0.15) is 18.9 Å². The molecule has 0 bridgehead atoms. The number of hydrogen-bond acceptors (Lipinski definition) is 5. The highest BCUT2D eigenvalue weighted by molar-refractivity contribution is 7.80. The van der Waals surface area contributed by atoms with Gasteiger partial charge in [0.05, 0.1) is 11.5 Å². The first-order valence-electron chi connectivity index (χ1n) is 8.25. The van der Waals surface area contributed by atoms with E-state index >= 15 is 0 Å². The van der Waals surface area contributed by atoms with Gasteiger partial charge in [0, 0.05) is 23.9 Å². The van der Waals surface area contributed by atoms with Gasteiger partial charge in [0.2, 0.25) is 5.91 Å². The molecule has 0 saturated carbocycles. The summed E-state index contributed by atoms with van der Waals surface area (Å²) in [5.74, 6) is 0.319. The van der Waals surface area contributed by atoms with Crippen LogP contribution in [0.25, 0.3) is 6.08 Å². The van der Waals surface area contributed by atoms with Crippen molar-refractivity contribution in [2.45, 2.75) is 13.3 Å². The van der Waals surface area contributed by atoms with Crippen molar-refractivity contribution in [2.24, 2.45) is 0 Å². The summed E-state index contributed by atoms with van der Waals surface area (Å²) in [6.45, 7) is 2.68. The van der Waals surface area contributed by atoms with Crippen LogP contribution >= 0.6 is 12.2 Å². The summed E-state index contributed by atoms with van der Waals surface area (Å²) in [5, 5.41) is 16.3. The molecular weight excluding hydrogens is 366 g/mol. The molecule has 27 heavy (non-hydrogen) atoms. The van der Waals surface area contributed by atoms with Crippen LogP contribution in [0.15, 0.2) is 54.6 Å². The number of ether oxygens (including phenoxy) is 1. The Morgan fingerprint density at radius 1 is 1.26 bits per heavy atom. The van der Waals surface area contributed by atoms with Gasteiger partial charge < -0.3 is 10.1 Å². The van der Waals surface area contributed by atoms with Crippen LogP contribution in [0.2, 0.25) is 0 Å². The first kappa shape index (κ1) is 20.1. The van der Waals surface area contributed by atoms with Crippen LogP contribution in [0, 0.1) is 10.1 Å². The topological polar surface area (TPSA) is 93.5 Å². The maximum Gasteiger partial charge on any atom is 0.270 e. The molecular formula is C19H19N3O4S. The van der Waals surface area contributed by atoms with E-state index in [0.717, 1.165) is 12.2 Å². The molecule has 0 aliphatic heterocycles. The maximum absolute atomic E-state index is 11.9. The lowest BCUT2D eigenvalue weighted by Crippen LogP contribution is -2.32. The summed E-state index contributed by atoms with van der Waals surface area (Å²) < 4.78 is 5.50. The number of nitro benzene ring substituents is 1. The van der Waals surface area contributed by atoms with Gasteiger partial charge in [-0.05, 0) is 54.5 Å². The SMILES string of the molecule is CCCOc1ccc(NC(=S)NC(=O)/C=C/c2cccc([N+](=O)[O-])c2)cc1. The Hall–Kier alpha value is -3.26. The minimum absolute atomic E-state index is 0.0406. The fourth-order valence-corrected chi connectivity index (χ4v) is 2.30. The van der Waals surface area contributed by atoms with E-state index in [1.165, 1.54) is 24.3 Å². The van der Waals surface area contributed by atoms with E-state index in [1.54, 1.807) is 24.3 Å². The lowest BCUT2D eigenvalue weighted by molar-refractivity contribution is -0.384. The number of benzene rings is 2. The van der Waals surface area contributed by atoms with Crippen LogP contribution in [-0.2, 0) is 4.79 Å². The van der Waals surface area contributed by atoms with E-state index in [1.807, 2.05) is 19.1 Å². The van der Waals surface area contributed by atoms with E-state index < -0.39 is 10.8 Å². The number of anilines is 1. The number of nitrogens with zero attached hydrogens (tertiary/aromatic N) is 1. The highest BCUT2D eigenvalue weighted by Crippen LogP contribution is 2.16. The first-order valence-corrected chi connectivity index (χ1v) is 8.66. The van der Waals surface area contributed by atoms with Gasteiger partial charge in [-0.1, -0.05) is 19.1 Å². The second-order valence-corrected chi connectivity index (χ2v) is 5.91. The Bertz CT molecular complexity index is 850. The van der Waals surface area contributed by atoms with Gasteiger partial charge in [-0.2, -0.15) is 0 Å². The number of nitrogens with one attached hydrogen (secondary N) is 2. The lowest BCUT2D eigenvalue weighted by Gasteiger charge is -2.09. The number of rotatable bonds is 7. The van der Waals surface area contributed by atoms with Gasteiger partial charge in [-0.25, -0.2) is 0 Å². The molecule has 140 valence electrons. The van der Waals surface area contributed by atoms with Gasteiger partial charge in [-0.15, -0.1) is 0 Å². The molecule has 2 N–H and O–H groups in total. The molecule has 2 aromatic rings. The van der Waals surface area contributed by atoms with Crippen molar-refractivity contribution < 1.29 is 14.5 Å².